The number of benzene rings is 1. The number of ether oxygens (including phenoxy) is 2. The van der Waals surface area contributed by atoms with Crippen LogP contribution in [0, 0.1) is 10.1 Å². The quantitative estimate of drug-likeness (QED) is 0.238. The summed E-state index contributed by atoms with van der Waals surface area (Å²) in [4.78, 5) is 31.7. The van der Waals surface area contributed by atoms with Crippen molar-refractivity contribution in [3.8, 4) is 5.75 Å². The molecule has 0 amide bonds. The Morgan fingerprint density at radius 1 is 1.40 bits per heavy atom. The van der Waals surface area contributed by atoms with Crippen LogP contribution < -0.4 is 4.74 Å². The summed E-state index contributed by atoms with van der Waals surface area (Å²) >= 11 is 0. The Bertz CT molecular complexity index is 470. The zero-order valence-electron chi connectivity index (χ0n) is 11.0. The van der Waals surface area contributed by atoms with Gasteiger partial charge in [-0.05, 0) is 25.0 Å². The summed E-state index contributed by atoms with van der Waals surface area (Å²) in [5, 5.41) is 10.5. The highest BCUT2D eigenvalue weighted by Gasteiger charge is 2.12. The Labute approximate surface area is 115 Å². The van der Waals surface area contributed by atoms with Gasteiger partial charge in [0.05, 0.1) is 4.92 Å². The zero-order chi connectivity index (χ0) is 15.0. The van der Waals surface area contributed by atoms with Crippen molar-refractivity contribution in [3.05, 3.63) is 34.4 Å². The molecular weight excluding hydrogens is 266 g/mol. The fraction of sp³-hybridized carbons (Fsp3) is 0.385. The average Bonchev–Trinajstić information content (AvgIpc) is 2.44. The van der Waals surface area contributed by atoms with Crippen molar-refractivity contribution >= 4 is 18.1 Å². The lowest BCUT2D eigenvalue weighted by molar-refractivity contribution is -0.384. The number of carbonyl (C=O) groups excluding carboxylic acids is 2. The van der Waals surface area contributed by atoms with Gasteiger partial charge in [0.15, 0.2) is 0 Å². The molecule has 7 heteroatoms. The summed E-state index contributed by atoms with van der Waals surface area (Å²) in [5.41, 5.74) is -0.0739. The smallest absolute Gasteiger partial charge is 0.311 e. The van der Waals surface area contributed by atoms with Crippen molar-refractivity contribution in [2.75, 3.05) is 0 Å². The first-order valence-corrected chi connectivity index (χ1v) is 6.11. The molecule has 0 saturated heterocycles. The lowest BCUT2D eigenvalue weighted by Gasteiger charge is -2.11. The SMILES string of the molecule is CCC(CCC(=O)Oc1ccc([N+](=O)[O-])cc1)OC=O. The van der Waals surface area contributed by atoms with Gasteiger partial charge < -0.3 is 9.47 Å². The van der Waals surface area contributed by atoms with E-state index < -0.39 is 10.9 Å². The van der Waals surface area contributed by atoms with Gasteiger partial charge in [0, 0.05) is 18.6 Å². The van der Waals surface area contributed by atoms with E-state index in [-0.39, 0.29) is 24.0 Å². The van der Waals surface area contributed by atoms with Crippen LogP contribution in [0.25, 0.3) is 0 Å². The van der Waals surface area contributed by atoms with Crippen molar-refractivity contribution in [3.63, 3.8) is 0 Å². The second-order valence-electron chi connectivity index (χ2n) is 4.03. The van der Waals surface area contributed by atoms with E-state index in [0.29, 0.717) is 19.3 Å². The molecule has 1 rings (SSSR count). The normalized spacial score (nSPS) is 11.4. The van der Waals surface area contributed by atoms with E-state index in [1.807, 2.05) is 6.92 Å². The topological polar surface area (TPSA) is 95.7 Å². The molecule has 1 aromatic rings. The van der Waals surface area contributed by atoms with E-state index in [4.69, 9.17) is 9.47 Å². The first kappa shape index (κ1) is 15.6. The number of esters is 1. The molecule has 0 spiro atoms. The molecule has 0 N–H and O–H groups in total. The summed E-state index contributed by atoms with van der Waals surface area (Å²) in [6.07, 6.45) is 0.783. The fourth-order valence-corrected chi connectivity index (χ4v) is 1.54. The molecule has 1 aromatic carbocycles. The largest absolute Gasteiger partial charge is 0.465 e. The highest BCUT2D eigenvalue weighted by Crippen LogP contribution is 2.18. The van der Waals surface area contributed by atoms with Crippen molar-refractivity contribution in [1.29, 1.82) is 0 Å². The second kappa shape index (κ2) is 7.88. The van der Waals surface area contributed by atoms with Gasteiger partial charge in [-0.25, -0.2) is 0 Å². The third-order valence-electron chi connectivity index (χ3n) is 2.65. The Morgan fingerprint density at radius 2 is 2.05 bits per heavy atom. The van der Waals surface area contributed by atoms with Gasteiger partial charge in [0.25, 0.3) is 12.2 Å². The molecule has 1 atom stereocenters. The number of nitrogens with zero attached hydrogens (tertiary/aromatic N) is 1. The molecule has 0 aliphatic heterocycles. The number of non-ortho nitro benzene ring substituents is 1. The summed E-state index contributed by atoms with van der Waals surface area (Å²) in [6.45, 7) is 2.20. The van der Waals surface area contributed by atoms with Gasteiger partial charge >= 0.3 is 5.97 Å². The second-order valence-corrected chi connectivity index (χ2v) is 4.03. The number of carbonyl (C=O) groups is 2. The third-order valence-corrected chi connectivity index (χ3v) is 2.65. The molecule has 0 saturated carbocycles. The molecule has 1 unspecified atom stereocenters. The molecule has 108 valence electrons. The first-order valence-electron chi connectivity index (χ1n) is 6.11. The van der Waals surface area contributed by atoms with E-state index in [1.165, 1.54) is 24.3 Å². The Kier molecular flexibility index (Phi) is 6.15. The number of hydrogen-bond acceptors (Lipinski definition) is 6. The van der Waals surface area contributed by atoms with Crippen molar-refractivity contribution in [2.24, 2.45) is 0 Å². The zero-order valence-corrected chi connectivity index (χ0v) is 11.0. The van der Waals surface area contributed by atoms with Crippen molar-refractivity contribution < 1.29 is 24.0 Å². The number of nitro groups is 1. The highest BCUT2D eigenvalue weighted by molar-refractivity contribution is 5.72. The monoisotopic (exact) mass is 281 g/mol. The van der Waals surface area contributed by atoms with Crippen LogP contribution in [-0.2, 0) is 14.3 Å². The number of hydrogen-bond donors (Lipinski definition) is 0. The van der Waals surface area contributed by atoms with Gasteiger partial charge in [0.2, 0.25) is 0 Å². The molecule has 0 fully saturated rings. The molecule has 0 aliphatic rings. The van der Waals surface area contributed by atoms with E-state index >= 15 is 0 Å². The van der Waals surface area contributed by atoms with Crippen LogP contribution in [0.1, 0.15) is 26.2 Å². The Morgan fingerprint density at radius 3 is 2.55 bits per heavy atom. The fourth-order valence-electron chi connectivity index (χ4n) is 1.54. The Hall–Kier alpha value is -2.44. The van der Waals surface area contributed by atoms with Crippen LogP contribution in [0.15, 0.2) is 24.3 Å². The van der Waals surface area contributed by atoms with Gasteiger partial charge in [-0.1, -0.05) is 6.92 Å². The summed E-state index contributed by atoms with van der Waals surface area (Å²) < 4.78 is 9.79. The molecule has 7 nitrogen and oxygen atoms in total. The van der Waals surface area contributed by atoms with Crippen molar-refractivity contribution in [2.45, 2.75) is 32.3 Å². The number of nitro benzene ring substituents is 1. The van der Waals surface area contributed by atoms with Gasteiger partial charge in [0.1, 0.15) is 11.9 Å². The third kappa shape index (κ3) is 5.05. The minimum absolute atomic E-state index is 0.0739. The maximum absolute atomic E-state index is 11.6. The lowest BCUT2D eigenvalue weighted by atomic mass is 10.1. The van der Waals surface area contributed by atoms with Gasteiger partial charge in [-0.3, -0.25) is 19.7 Å². The van der Waals surface area contributed by atoms with E-state index in [1.54, 1.807) is 0 Å². The van der Waals surface area contributed by atoms with Crippen molar-refractivity contribution in [1.82, 2.24) is 0 Å². The summed E-state index contributed by atoms with van der Waals surface area (Å²) in [5.74, 6) is -0.239. The van der Waals surface area contributed by atoms with Crippen LogP contribution in [0.5, 0.6) is 5.75 Å². The minimum Gasteiger partial charge on any atom is -0.465 e. The van der Waals surface area contributed by atoms with Crippen LogP contribution in [0.3, 0.4) is 0 Å². The van der Waals surface area contributed by atoms with Crippen LogP contribution >= 0.6 is 0 Å². The molecule has 0 heterocycles. The van der Waals surface area contributed by atoms with E-state index in [0.717, 1.165) is 0 Å². The molecule has 0 aliphatic carbocycles. The van der Waals surface area contributed by atoms with Crippen LogP contribution in [0.4, 0.5) is 5.69 Å². The average molecular weight is 281 g/mol. The molecule has 0 bridgehead atoms. The predicted octanol–water partition coefficient (Wildman–Crippen LogP) is 2.23. The molecule has 0 radical (unpaired) electrons. The lowest BCUT2D eigenvalue weighted by Crippen LogP contribution is -2.15. The van der Waals surface area contributed by atoms with Gasteiger partial charge in [-0.15, -0.1) is 0 Å². The Balaban J connectivity index is 2.45. The van der Waals surface area contributed by atoms with Crippen LogP contribution in [0.2, 0.25) is 0 Å². The van der Waals surface area contributed by atoms with E-state index in [2.05, 4.69) is 0 Å². The number of rotatable bonds is 8. The van der Waals surface area contributed by atoms with E-state index in [9.17, 15) is 19.7 Å². The van der Waals surface area contributed by atoms with Crippen LogP contribution in [-0.4, -0.2) is 23.5 Å². The van der Waals surface area contributed by atoms with Gasteiger partial charge in [-0.2, -0.15) is 0 Å². The molecule has 0 aromatic heterocycles. The predicted molar refractivity (Wildman–Crippen MR) is 69.2 cm³/mol. The summed E-state index contributed by atoms with van der Waals surface area (Å²) in [6, 6.07) is 5.23. The minimum atomic E-state index is -0.534. The maximum Gasteiger partial charge on any atom is 0.311 e. The maximum atomic E-state index is 11.6. The molecule has 20 heavy (non-hydrogen) atoms. The highest BCUT2D eigenvalue weighted by atomic mass is 16.6. The molecular formula is C13H15NO6. The summed E-state index contributed by atoms with van der Waals surface area (Å²) in [7, 11) is 0. The first-order chi connectivity index (χ1) is 9.56. The standard InChI is InChI=1S/C13H15NO6/c1-2-11(19-9-15)7-8-13(16)20-12-5-3-10(4-6-12)14(17)18/h3-6,9,11H,2,7-8H2,1H3.